The number of halogens is 1. The predicted molar refractivity (Wildman–Crippen MR) is 87.8 cm³/mol. The normalized spacial score (nSPS) is 10.9. The molecule has 2 aromatic carbocycles. The zero-order valence-electron chi connectivity index (χ0n) is 12.6. The molecule has 3 nitrogen and oxygen atoms in total. The third kappa shape index (κ3) is 5.40. The molecule has 0 bridgehead atoms. The van der Waals surface area contributed by atoms with Gasteiger partial charge in [-0.15, -0.1) is 0 Å². The van der Waals surface area contributed by atoms with Gasteiger partial charge in [-0.3, -0.25) is 4.79 Å². The highest BCUT2D eigenvalue weighted by Crippen LogP contribution is 2.08. The van der Waals surface area contributed by atoms with Crippen molar-refractivity contribution >= 4 is 12.0 Å². The lowest BCUT2D eigenvalue weighted by Gasteiger charge is -2.05. The molecule has 0 aromatic heterocycles. The number of nitrogens with zero attached hydrogens (tertiary/aromatic N) is 1. The van der Waals surface area contributed by atoms with Crippen LogP contribution in [-0.4, -0.2) is 12.5 Å². The van der Waals surface area contributed by atoms with Crippen LogP contribution in [0.5, 0.6) is 0 Å². The Morgan fingerprint density at radius 2 is 1.83 bits per heavy atom. The Labute approximate surface area is 135 Å². The molecule has 0 saturated heterocycles. The van der Waals surface area contributed by atoms with Gasteiger partial charge in [-0.2, -0.15) is 5.26 Å². The summed E-state index contributed by atoms with van der Waals surface area (Å²) in [5.74, 6) is -0.768. The summed E-state index contributed by atoms with van der Waals surface area (Å²) in [7, 11) is 0. The monoisotopic (exact) mass is 308 g/mol. The van der Waals surface area contributed by atoms with Crippen LogP contribution in [0.4, 0.5) is 4.39 Å². The van der Waals surface area contributed by atoms with Crippen LogP contribution < -0.4 is 5.32 Å². The summed E-state index contributed by atoms with van der Waals surface area (Å²) in [6.07, 6.45) is 3.11. The maximum Gasteiger partial charge on any atom is 0.261 e. The molecule has 0 fully saturated rings. The van der Waals surface area contributed by atoms with Crippen molar-refractivity contribution in [2.45, 2.75) is 12.8 Å². The SMILES string of the molecule is N#C/C(=C/c1ccc(F)cc1)C(=O)NCCCc1ccccc1. The van der Waals surface area contributed by atoms with Gasteiger partial charge in [0.25, 0.3) is 5.91 Å². The standard InChI is InChI=1S/C19H17FN2O/c20-18-10-8-16(9-11-18)13-17(14-21)19(23)22-12-4-7-15-5-2-1-3-6-15/h1-3,5-6,8-11,13H,4,7,12H2,(H,22,23)/b17-13-. The predicted octanol–water partition coefficient (Wildman–Crippen LogP) is 3.48. The van der Waals surface area contributed by atoms with E-state index in [2.05, 4.69) is 5.32 Å². The maximum absolute atomic E-state index is 12.8. The van der Waals surface area contributed by atoms with E-state index in [1.54, 1.807) is 0 Å². The fourth-order valence-corrected chi connectivity index (χ4v) is 2.11. The van der Waals surface area contributed by atoms with E-state index >= 15 is 0 Å². The number of benzene rings is 2. The van der Waals surface area contributed by atoms with E-state index in [0.29, 0.717) is 12.1 Å². The number of nitrogens with one attached hydrogen (secondary N) is 1. The largest absolute Gasteiger partial charge is 0.351 e. The van der Waals surface area contributed by atoms with E-state index in [-0.39, 0.29) is 11.4 Å². The van der Waals surface area contributed by atoms with Crippen LogP contribution in [0.25, 0.3) is 6.08 Å². The van der Waals surface area contributed by atoms with Crippen molar-refractivity contribution in [1.82, 2.24) is 5.32 Å². The molecule has 2 rings (SSSR count). The number of hydrogen-bond acceptors (Lipinski definition) is 2. The topological polar surface area (TPSA) is 52.9 Å². The number of hydrogen-bond donors (Lipinski definition) is 1. The van der Waals surface area contributed by atoms with Crippen molar-refractivity contribution in [2.75, 3.05) is 6.54 Å². The Kier molecular flexibility index (Phi) is 6.07. The van der Waals surface area contributed by atoms with Gasteiger partial charge in [0.1, 0.15) is 17.5 Å². The second-order valence-corrected chi connectivity index (χ2v) is 5.07. The van der Waals surface area contributed by atoms with Crippen LogP contribution in [-0.2, 0) is 11.2 Å². The highest BCUT2D eigenvalue weighted by molar-refractivity contribution is 6.01. The van der Waals surface area contributed by atoms with Gasteiger partial charge in [0.15, 0.2) is 0 Å². The van der Waals surface area contributed by atoms with Crippen molar-refractivity contribution < 1.29 is 9.18 Å². The average molecular weight is 308 g/mol. The fourth-order valence-electron chi connectivity index (χ4n) is 2.11. The number of carbonyl (C=O) groups excluding carboxylic acids is 1. The van der Waals surface area contributed by atoms with Crippen LogP contribution in [0, 0.1) is 17.1 Å². The van der Waals surface area contributed by atoms with E-state index in [0.717, 1.165) is 12.8 Å². The van der Waals surface area contributed by atoms with E-state index in [4.69, 9.17) is 5.26 Å². The zero-order chi connectivity index (χ0) is 16.5. The van der Waals surface area contributed by atoms with Crippen molar-refractivity contribution in [1.29, 1.82) is 5.26 Å². The first-order valence-corrected chi connectivity index (χ1v) is 7.38. The number of carbonyl (C=O) groups is 1. The molecule has 23 heavy (non-hydrogen) atoms. The molecule has 0 aliphatic carbocycles. The Hall–Kier alpha value is -2.93. The van der Waals surface area contributed by atoms with Gasteiger partial charge in [0, 0.05) is 6.54 Å². The molecule has 0 aliphatic heterocycles. The van der Waals surface area contributed by atoms with E-state index in [9.17, 15) is 9.18 Å². The van der Waals surface area contributed by atoms with Crippen LogP contribution in [0.3, 0.4) is 0 Å². The second kappa shape index (κ2) is 8.50. The molecular formula is C19H17FN2O. The molecule has 0 spiro atoms. The van der Waals surface area contributed by atoms with Gasteiger partial charge in [0.2, 0.25) is 0 Å². The number of amides is 1. The van der Waals surface area contributed by atoms with Crippen molar-refractivity contribution in [3.05, 3.63) is 77.1 Å². The summed E-state index contributed by atoms with van der Waals surface area (Å²) < 4.78 is 12.8. The van der Waals surface area contributed by atoms with Crippen LogP contribution >= 0.6 is 0 Å². The lowest BCUT2D eigenvalue weighted by molar-refractivity contribution is -0.117. The summed E-state index contributed by atoms with van der Waals surface area (Å²) in [5.41, 5.74) is 1.84. The first-order valence-electron chi connectivity index (χ1n) is 7.38. The molecule has 2 aromatic rings. The average Bonchev–Trinajstić information content (AvgIpc) is 2.59. The lowest BCUT2D eigenvalue weighted by Crippen LogP contribution is -2.25. The number of nitriles is 1. The van der Waals surface area contributed by atoms with Gasteiger partial charge in [-0.25, -0.2) is 4.39 Å². The first kappa shape index (κ1) is 16.4. The van der Waals surface area contributed by atoms with E-state index in [1.165, 1.54) is 35.9 Å². The number of rotatable bonds is 6. The van der Waals surface area contributed by atoms with Gasteiger partial charge in [-0.05, 0) is 42.2 Å². The molecule has 0 heterocycles. The summed E-state index contributed by atoms with van der Waals surface area (Å²) in [6.45, 7) is 0.496. The molecule has 0 saturated carbocycles. The maximum atomic E-state index is 12.8. The molecule has 0 radical (unpaired) electrons. The van der Waals surface area contributed by atoms with Gasteiger partial charge < -0.3 is 5.32 Å². The Morgan fingerprint density at radius 3 is 2.48 bits per heavy atom. The Bertz CT molecular complexity index is 715. The Morgan fingerprint density at radius 1 is 1.13 bits per heavy atom. The van der Waals surface area contributed by atoms with E-state index in [1.807, 2.05) is 36.4 Å². The molecule has 0 aliphatic rings. The summed E-state index contributed by atoms with van der Waals surface area (Å²) in [6, 6.07) is 17.5. The van der Waals surface area contributed by atoms with E-state index < -0.39 is 5.91 Å². The molecule has 0 unspecified atom stereocenters. The molecule has 0 atom stereocenters. The summed E-state index contributed by atoms with van der Waals surface area (Å²) in [5, 5.41) is 11.8. The third-order valence-electron chi connectivity index (χ3n) is 3.32. The fraction of sp³-hybridized carbons (Fsp3) is 0.158. The number of aryl methyl sites for hydroxylation is 1. The molecule has 116 valence electrons. The third-order valence-corrected chi connectivity index (χ3v) is 3.32. The summed E-state index contributed by atoms with van der Waals surface area (Å²) in [4.78, 5) is 12.0. The highest BCUT2D eigenvalue weighted by Gasteiger charge is 2.08. The van der Waals surface area contributed by atoms with Crippen molar-refractivity contribution in [2.24, 2.45) is 0 Å². The van der Waals surface area contributed by atoms with Crippen molar-refractivity contribution in [3.63, 3.8) is 0 Å². The van der Waals surface area contributed by atoms with Crippen LogP contribution in [0.1, 0.15) is 17.5 Å². The van der Waals surface area contributed by atoms with Gasteiger partial charge in [-0.1, -0.05) is 42.5 Å². The highest BCUT2D eigenvalue weighted by atomic mass is 19.1. The first-order chi connectivity index (χ1) is 11.2. The van der Waals surface area contributed by atoms with Crippen molar-refractivity contribution in [3.8, 4) is 6.07 Å². The minimum absolute atomic E-state index is 0.0105. The summed E-state index contributed by atoms with van der Waals surface area (Å²) >= 11 is 0. The van der Waals surface area contributed by atoms with Crippen LogP contribution in [0.2, 0.25) is 0 Å². The van der Waals surface area contributed by atoms with Crippen LogP contribution in [0.15, 0.2) is 60.2 Å². The molecule has 1 N–H and O–H groups in total. The van der Waals surface area contributed by atoms with Gasteiger partial charge >= 0.3 is 0 Å². The molecule has 4 heteroatoms. The second-order valence-electron chi connectivity index (χ2n) is 5.07. The zero-order valence-corrected chi connectivity index (χ0v) is 12.6. The quantitative estimate of drug-likeness (QED) is 0.504. The smallest absolute Gasteiger partial charge is 0.261 e. The molecule has 1 amide bonds. The van der Waals surface area contributed by atoms with Gasteiger partial charge in [0.05, 0.1) is 0 Å². The Balaban J connectivity index is 1.85. The lowest BCUT2D eigenvalue weighted by atomic mass is 10.1. The minimum atomic E-state index is -0.412. The molecular weight excluding hydrogens is 291 g/mol. The minimum Gasteiger partial charge on any atom is -0.351 e.